The summed E-state index contributed by atoms with van der Waals surface area (Å²) in [5.74, 6) is 1.99. The van der Waals surface area contributed by atoms with Crippen molar-refractivity contribution in [2.75, 3.05) is 4.90 Å². The molecule has 0 bridgehead atoms. The number of fused-ring (bicyclic) bond motifs is 2. The first-order valence-corrected chi connectivity index (χ1v) is 10.5. The van der Waals surface area contributed by atoms with Crippen LogP contribution in [0.1, 0.15) is 27.4 Å². The number of hydrogen-bond acceptors (Lipinski definition) is 5. The maximum atomic E-state index is 12.5. The highest BCUT2D eigenvalue weighted by molar-refractivity contribution is 6.31. The Kier molecular flexibility index (Phi) is 5.47. The normalized spacial score (nSPS) is 12.3. The van der Waals surface area contributed by atoms with Crippen molar-refractivity contribution in [2.24, 2.45) is 0 Å². The van der Waals surface area contributed by atoms with Crippen molar-refractivity contribution in [3.63, 3.8) is 0 Å². The van der Waals surface area contributed by atoms with E-state index < -0.39 is 0 Å². The molecular weight excluding hydrogens is 426 g/mol. The van der Waals surface area contributed by atoms with Gasteiger partial charge in [0, 0.05) is 36.1 Å². The predicted molar refractivity (Wildman–Crippen MR) is 122 cm³/mol. The van der Waals surface area contributed by atoms with Crippen LogP contribution >= 0.6 is 11.6 Å². The summed E-state index contributed by atoms with van der Waals surface area (Å²) in [5, 5.41) is 3.51. The van der Waals surface area contributed by atoms with Crippen LogP contribution in [0.4, 0.5) is 5.69 Å². The largest absolute Gasteiger partial charge is 0.455 e. The summed E-state index contributed by atoms with van der Waals surface area (Å²) in [4.78, 5) is 26.2. The lowest BCUT2D eigenvalue weighted by Crippen LogP contribution is -2.24. The quantitative estimate of drug-likeness (QED) is 0.465. The second-order valence-corrected chi connectivity index (χ2v) is 7.90. The Morgan fingerprint density at radius 1 is 1.12 bits per heavy atom. The summed E-state index contributed by atoms with van der Waals surface area (Å²) in [7, 11) is 0. The van der Waals surface area contributed by atoms with Gasteiger partial charge in [-0.2, -0.15) is 0 Å². The van der Waals surface area contributed by atoms with Gasteiger partial charge in [-0.15, -0.1) is 0 Å². The molecule has 0 atom stereocenters. The van der Waals surface area contributed by atoms with Gasteiger partial charge in [0.1, 0.15) is 17.3 Å². The van der Waals surface area contributed by atoms with Crippen molar-refractivity contribution >= 4 is 23.2 Å². The van der Waals surface area contributed by atoms with Crippen LogP contribution in [0.25, 0.3) is 0 Å². The topological polar surface area (TPSA) is 83.1 Å². The Balaban J connectivity index is 1.35. The first kappa shape index (κ1) is 20.1. The van der Waals surface area contributed by atoms with E-state index in [9.17, 15) is 4.79 Å². The number of rotatable bonds is 5. The molecule has 7 nitrogen and oxygen atoms in total. The fourth-order valence-electron chi connectivity index (χ4n) is 3.63. The van der Waals surface area contributed by atoms with Crippen LogP contribution in [0.2, 0.25) is 5.02 Å². The molecule has 0 saturated heterocycles. The Bertz CT molecular complexity index is 1260. The van der Waals surface area contributed by atoms with E-state index >= 15 is 0 Å². The molecule has 0 aliphatic carbocycles. The lowest BCUT2D eigenvalue weighted by Gasteiger charge is -2.23. The number of ether oxygens (including phenoxy) is 1. The maximum Gasteiger partial charge on any atom is 0.269 e. The molecule has 0 unspecified atom stereocenters. The van der Waals surface area contributed by atoms with E-state index in [1.165, 1.54) is 0 Å². The van der Waals surface area contributed by atoms with Crippen molar-refractivity contribution in [1.29, 1.82) is 0 Å². The third-order valence-corrected chi connectivity index (χ3v) is 5.47. The van der Waals surface area contributed by atoms with E-state index in [-0.39, 0.29) is 5.91 Å². The van der Waals surface area contributed by atoms with E-state index in [2.05, 4.69) is 25.2 Å². The number of pyridine rings is 1. The minimum Gasteiger partial charge on any atom is -0.455 e. The fourth-order valence-corrected chi connectivity index (χ4v) is 3.79. The summed E-state index contributed by atoms with van der Waals surface area (Å²) >= 11 is 6.28. The summed E-state index contributed by atoms with van der Waals surface area (Å²) in [6, 6.07) is 17.2. The van der Waals surface area contributed by atoms with Gasteiger partial charge in [0.25, 0.3) is 5.91 Å². The number of H-pyrrole nitrogens is 1. The molecule has 8 heteroatoms. The van der Waals surface area contributed by atoms with E-state index in [1.807, 2.05) is 54.6 Å². The molecular formula is C24H20ClN5O2. The highest BCUT2D eigenvalue weighted by atomic mass is 35.5. The van der Waals surface area contributed by atoms with Crippen LogP contribution in [0.3, 0.4) is 0 Å². The molecule has 1 aliphatic rings. The van der Waals surface area contributed by atoms with Gasteiger partial charge in [0.15, 0.2) is 5.75 Å². The average molecular weight is 446 g/mol. The zero-order valence-electron chi connectivity index (χ0n) is 17.1. The fraction of sp³-hybridized carbons (Fsp3) is 0.125. The summed E-state index contributed by atoms with van der Waals surface area (Å²) < 4.78 is 6.14. The van der Waals surface area contributed by atoms with Crippen LogP contribution in [-0.4, -0.2) is 20.9 Å². The number of amides is 1. The Labute approximate surface area is 190 Å². The van der Waals surface area contributed by atoms with E-state index in [1.54, 1.807) is 18.6 Å². The zero-order valence-corrected chi connectivity index (χ0v) is 17.8. The molecule has 1 amide bonds. The Morgan fingerprint density at radius 2 is 1.97 bits per heavy atom. The standard InChI is InChI=1S/C24H20ClN5O2/c25-18-5-6-22-20(11-18)30(14-17-3-1-2-4-21(17)32-22)15-23-27-13-19(29-23)24(31)28-12-16-7-9-26-10-8-16/h1-11,13H,12,14-15H2,(H,27,29)(H,28,31). The van der Waals surface area contributed by atoms with Gasteiger partial charge in [-0.1, -0.05) is 29.8 Å². The number of imidazole rings is 1. The van der Waals surface area contributed by atoms with Gasteiger partial charge in [-0.05, 0) is 42.0 Å². The zero-order chi connectivity index (χ0) is 21.9. The van der Waals surface area contributed by atoms with Crippen molar-refractivity contribution in [1.82, 2.24) is 20.3 Å². The second kappa shape index (κ2) is 8.72. The number of nitrogens with one attached hydrogen (secondary N) is 2. The number of hydrogen-bond donors (Lipinski definition) is 2. The number of para-hydroxylation sites is 1. The highest BCUT2D eigenvalue weighted by Gasteiger charge is 2.22. The summed E-state index contributed by atoms with van der Waals surface area (Å²) in [6.45, 7) is 1.50. The molecule has 2 aromatic heterocycles. The smallest absolute Gasteiger partial charge is 0.269 e. The Morgan fingerprint density at radius 3 is 2.84 bits per heavy atom. The van der Waals surface area contributed by atoms with Gasteiger partial charge in [0.05, 0.1) is 18.4 Å². The minimum absolute atomic E-state index is 0.214. The van der Waals surface area contributed by atoms with Crippen LogP contribution in [0.15, 0.2) is 73.2 Å². The lowest BCUT2D eigenvalue weighted by atomic mass is 10.2. The molecule has 0 radical (unpaired) electrons. The molecule has 0 spiro atoms. The van der Waals surface area contributed by atoms with Crippen LogP contribution in [-0.2, 0) is 19.6 Å². The van der Waals surface area contributed by atoms with Gasteiger partial charge in [-0.3, -0.25) is 9.78 Å². The number of aromatic amines is 1. The number of benzene rings is 2. The molecule has 1 aliphatic heterocycles. The molecule has 4 aromatic rings. The van der Waals surface area contributed by atoms with Crippen molar-refractivity contribution in [3.05, 3.63) is 101 Å². The first-order valence-electron chi connectivity index (χ1n) is 10.2. The number of carbonyl (C=O) groups is 1. The lowest BCUT2D eigenvalue weighted by molar-refractivity contribution is 0.0946. The van der Waals surface area contributed by atoms with Crippen molar-refractivity contribution in [2.45, 2.75) is 19.6 Å². The minimum atomic E-state index is -0.214. The number of halogens is 1. The molecule has 32 heavy (non-hydrogen) atoms. The van der Waals surface area contributed by atoms with Crippen LogP contribution in [0.5, 0.6) is 11.5 Å². The number of nitrogens with zero attached hydrogens (tertiary/aromatic N) is 3. The van der Waals surface area contributed by atoms with Crippen LogP contribution < -0.4 is 15.0 Å². The van der Waals surface area contributed by atoms with Gasteiger partial charge < -0.3 is 19.9 Å². The van der Waals surface area contributed by atoms with Crippen LogP contribution in [0, 0.1) is 0 Å². The molecule has 0 saturated carbocycles. The molecule has 2 aromatic carbocycles. The second-order valence-electron chi connectivity index (χ2n) is 7.46. The third kappa shape index (κ3) is 4.29. The van der Waals surface area contributed by atoms with E-state index in [4.69, 9.17) is 16.3 Å². The molecule has 5 rings (SSSR count). The van der Waals surface area contributed by atoms with Gasteiger partial charge in [-0.25, -0.2) is 4.98 Å². The summed E-state index contributed by atoms with van der Waals surface area (Å²) in [5.41, 5.74) is 3.31. The number of anilines is 1. The maximum absolute atomic E-state index is 12.5. The number of aromatic nitrogens is 3. The average Bonchev–Trinajstić information content (AvgIpc) is 3.22. The highest BCUT2D eigenvalue weighted by Crippen LogP contribution is 2.40. The van der Waals surface area contributed by atoms with E-state index in [0.717, 1.165) is 28.3 Å². The first-order chi connectivity index (χ1) is 15.7. The van der Waals surface area contributed by atoms with E-state index in [0.29, 0.717) is 36.2 Å². The monoisotopic (exact) mass is 445 g/mol. The Hall–Kier alpha value is -3.84. The molecule has 2 N–H and O–H groups in total. The summed E-state index contributed by atoms with van der Waals surface area (Å²) in [6.07, 6.45) is 4.95. The van der Waals surface area contributed by atoms with Crippen molar-refractivity contribution in [3.8, 4) is 11.5 Å². The molecule has 0 fully saturated rings. The molecule has 160 valence electrons. The number of carbonyl (C=O) groups excluding carboxylic acids is 1. The SMILES string of the molecule is O=C(NCc1ccncc1)c1cnc(CN2Cc3ccccc3Oc3ccc(Cl)cc32)[nH]1. The molecule has 3 heterocycles. The predicted octanol–water partition coefficient (Wildman–Crippen LogP) is 4.70. The van der Waals surface area contributed by atoms with Crippen molar-refractivity contribution < 1.29 is 9.53 Å². The third-order valence-electron chi connectivity index (χ3n) is 5.23. The van der Waals surface area contributed by atoms with Gasteiger partial charge >= 0.3 is 0 Å². The van der Waals surface area contributed by atoms with Gasteiger partial charge in [0.2, 0.25) is 0 Å².